The smallest absolute Gasteiger partial charge is 0.328 e. The fourth-order valence-electron chi connectivity index (χ4n) is 1.31. The Hall–Kier alpha value is -1.27. The third kappa shape index (κ3) is 5.94. The molecule has 0 atom stereocenters. The highest BCUT2D eigenvalue weighted by Crippen LogP contribution is 2.09. The van der Waals surface area contributed by atoms with Crippen molar-refractivity contribution >= 4 is 28.5 Å². The predicted octanol–water partition coefficient (Wildman–Crippen LogP) is 2.20. The number of carbonyl (C=O) groups excluding carboxylic acids is 1. The Labute approximate surface area is 120 Å². The van der Waals surface area contributed by atoms with Crippen molar-refractivity contribution in [2.45, 2.75) is 31.6 Å². The third-order valence-corrected chi connectivity index (χ3v) is 3.72. The fraction of sp³-hybridized carbons (Fsp3) is 0.417. The summed E-state index contributed by atoms with van der Waals surface area (Å²) < 4.78 is 25.6. The van der Waals surface area contributed by atoms with Crippen LogP contribution in [0.15, 0.2) is 29.2 Å². The van der Waals surface area contributed by atoms with Gasteiger partial charge in [0.1, 0.15) is 0 Å². The molecule has 0 fully saturated rings. The topological polar surface area (TPSA) is 75.3 Å². The molecule has 0 aliphatic rings. The van der Waals surface area contributed by atoms with Crippen LogP contribution in [0.2, 0.25) is 0 Å². The maximum absolute atomic E-state index is 11.8. The number of hydrogen-bond donors (Lipinski definition) is 2. The van der Waals surface area contributed by atoms with Crippen molar-refractivity contribution in [2.24, 2.45) is 0 Å². The van der Waals surface area contributed by atoms with Crippen molar-refractivity contribution in [3.63, 3.8) is 0 Å². The van der Waals surface area contributed by atoms with Crippen LogP contribution in [-0.4, -0.2) is 21.0 Å². The molecular formula is C12H19ClN2O3S. The first-order valence-corrected chi connectivity index (χ1v) is 7.31. The first-order valence-electron chi connectivity index (χ1n) is 5.83. The molecule has 1 rings (SSSR count). The van der Waals surface area contributed by atoms with Crippen LogP contribution < -0.4 is 10.0 Å². The Bertz CT molecular complexity index is 500. The molecule has 0 saturated carbocycles. The van der Waals surface area contributed by atoms with Crippen LogP contribution in [-0.2, 0) is 10.0 Å². The van der Waals surface area contributed by atoms with Crippen molar-refractivity contribution in [1.82, 2.24) is 10.0 Å². The fourth-order valence-corrected chi connectivity index (χ4v) is 2.24. The summed E-state index contributed by atoms with van der Waals surface area (Å²) in [4.78, 5) is 11.5. The van der Waals surface area contributed by atoms with Gasteiger partial charge < -0.3 is 5.32 Å². The van der Waals surface area contributed by atoms with Gasteiger partial charge in [0.2, 0.25) is 0 Å². The van der Waals surface area contributed by atoms with Crippen molar-refractivity contribution in [1.29, 1.82) is 0 Å². The molecule has 1 aromatic carbocycles. The van der Waals surface area contributed by atoms with E-state index in [2.05, 4.69) is 5.32 Å². The van der Waals surface area contributed by atoms with Gasteiger partial charge in [-0.3, -0.25) is 0 Å². The van der Waals surface area contributed by atoms with Gasteiger partial charge in [0.25, 0.3) is 10.0 Å². The summed E-state index contributed by atoms with van der Waals surface area (Å²) in [5.74, 6) is 0. The summed E-state index contributed by atoms with van der Waals surface area (Å²) in [7, 11) is -3.78. The second-order valence-corrected chi connectivity index (χ2v) is 5.71. The number of rotatable bonds is 5. The van der Waals surface area contributed by atoms with E-state index in [1.165, 1.54) is 12.1 Å². The molecule has 7 heteroatoms. The van der Waals surface area contributed by atoms with Gasteiger partial charge in [0, 0.05) is 6.54 Å². The summed E-state index contributed by atoms with van der Waals surface area (Å²) in [5, 5.41) is 2.49. The Balaban J connectivity index is 0.00000324. The first-order chi connectivity index (χ1) is 8.45. The lowest BCUT2D eigenvalue weighted by molar-refractivity contribution is 0.245. The Kier molecular flexibility index (Phi) is 7.48. The van der Waals surface area contributed by atoms with Gasteiger partial charge in [-0.15, -0.1) is 12.4 Å². The van der Waals surface area contributed by atoms with Gasteiger partial charge >= 0.3 is 6.03 Å². The first kappa shape index (κ1) is 17.7. The molecule has 19 heavy (non-hydrogen) atoms. The molecule has 0 heterocycles. The zero-order valence-electron chi connectivity index (χ0n) is 11.0. The SMILES string of the molecule is CCCCNC(=O)NS(=O)(=O)c1ccc(C)cc1.Cl. The molecule has 0 spiro atoms. The van der Waals surface area contributed by atoms with Crippen LogP contribution in [0.3, 0.4) is 0 Å². The number of sulfonamides is 1. The minimum atomic E-state index is -3.78. The van der Waals surface area contributed by atoms with E-state index in [1.807, 2.05) is 18.6 Å². The largest absolute Gasteiger partial charge is 0.337 e. The summed E-state index contributed by atoms with van der Waals surface area (Å²) in [6.07, 6.45) is 1.75. The normalized spacial score (nSPS) is 10.4. The summed E-state index contributed by atoms with van der Waals surface area (Å²) in [6, 6.07) is 5.62. The number of amides is 2. The number of benzene rings is 1. The number of hydrogen-bond acceptors (Lipinski definition) is 3. The standard InChI is InChI=1S/C12H18N2O3S.ClH/c1-3-4-9-13-12(15)14-18(16,17)11-7-5-10(2)6-8-11;/h5-8H,3-4,9H2,1-2H3,(H2,13,14,15);1H. The van der Waals surface area contributed by atoms with E-state index in [4.69, 9.17) is 0 Å². The molecule has 0 saturated heterocycles. The van der Waals surface area contributed by atoms with E-state index >= 15 is 0 Å². The molecule has 1 aromatic rings. The monoisotopic (exact) mass is 306 g/mol. The van der Waals surface area contributed by atoms with Gasteiger partial charge in [0.05, 0.1) is 4.90 Å². The summed E-state index contributed by atoms with van der Waals surface area (Å²) in [5.41, 5.74) is 0.960. The Morgan fingerprint density at radius 2 is 1.79 bits per heavy atom. The molecule has 2 amide bonds. The Morgan fingerprint density at radius 1 is 1.21 bits per heavy atom. The number of aryl methyl sites for hydroxylation is 1. The maximum atomic E-state index is 11.8. The van der Waals surface area contributed by atoms with E-state index in [0.717, 1.165) is 18.4 Å². The second kappa shape index (κ2) is 8.01. The average Bonchev–Trinajstić information content (AvgIpc) is 2.29. The number of nitrogens with one attached hydrogen (secondary N) is 2. The molecule has 5 nitrogen and oxygen atoms in total. The van der Waals surface area contributed by atoms with Crippen molar-refractivity contribution < 1.29 is 13.2 Å². The highest BCUT2D eigenvalue weighted by molar-refractivity contribution is 7.90. The van der Waals surface area contributed by atoms with Gasteiger partial charge in [0.15, 0.2) is 0 Å². The minimum absolute atomic E-state index is 0. The van der Waals surface area contributed by atoms with E-state index < -0.39 is 16.1 Å². The predicted molar refractivity (Wildman–Crippen MR) is 77.1 cm³/mol. The van der Waals surface area contributed by atoms with Crippen molar-refractivity contribution in [3.05, 3.63) is 29.8 Å². The van der Waals surface area contributed by atoms with E-state index in [1.54, 1.807) is 12.1 Å². The van der Waals surface area contributed by atoms with Gasteiger partial charge in [-0.2, -0.15) is 0 Å². The lowest BCUT2D eigenvalue weighted by Gasteiger charge is -2.08. The highest BCUT2D eigenvalue weighted by atomic mass is 35.5. The Morgan fingerprint density at radius 3 is 2.32 bits per heavy atom. The van der Waals surface area contributed by atoms with Crippen LogP contribution in [0.1, 0.15) is 25.3 Å². The van der Waals surface area contributed by atoms with Crippen LogP contribution in [0, 0.1) is 6.92 Å². The van der Waals surface area contributed by atoms with Gasteiger partial charge in [-0.1, -0.05) is 31.0 Å². The molecule has 0 bridgehead atoms. The zero-order valence-corrected chi connectivity index (χ0v) is 12.6. The highest BCUT2D eigenvalue weighted by Gasteiger charge is 2.16. The van der Waals surface area contributed by atoms with E-state index in [0.29, 0.717) is 6.54 Å². The lowest BCUT2D eigenvalue weighted by Crippen LogP contribution is -2.39. The average molecular weight is 307 g/mol. The van der Waals surface area contributed by atoms with Gasteiger partial charge in [-0.05, 0) is 25.5 Å². The van der Waals surface area contributed by atoms with E-state index in [-0.39, 0.29) is 17.3 Å². The van der Waals surface area contributed by atoms with E-state index in [9.17, 15) is 13.2 Å². The number of unbranched alkanes of at least 4 members (excludes halogenated alkanes) is 1. The zero-order chi connectivity index (χ0) is 13.6. The number of halogens is 1. The van der Waals surface area contributed by atoms with Crippen LogP contribution >= 0.6 is 12.4 Å². The molecule has 2 N–H and O–H groups in total. The second-order valence-electron chi connectivity index (χ2n) is 4.03. The molecule has 0 aliphatic carbocycles. The lowest BCUT2D eigenvalue weighted by atomic mass is 10.2. The number of urea groups is 1. The summed E-state index contributed by atoms with van der Waals surface area (Å²) >= 11 is 0. The van der Waals surface area contributed by atoms with Crippen LogP contribution in [0.5, 0.6) is 0 Å². The van der Waals surface area contributed by atoms with Crippen molar-refractivity contribution in [3.8, 4) is 0 Å². The molecular weight excluding hydrogens is 288 g/mol. The van der Waals surface area contributed by atoms with Crippen LogP contribution in [0.4, 0.5) is 4.79 Å². The number of carbonyl (C=O) groups is 1. The quantitative estimate of drug-likeness (QED) is 0.819. The molecule has 0 unspecified atom stereocenters. The maximum Gasteiger partial charge on any atom is 0.328 e. The third-order valence-electron chi connectivity index (χ3n) is 2.37. The van der Waals surface area contributed by atoms with Crippen molar-refractivity contribution in [2.75, 3.05) is 6.54 Å². The molecule has 0 aromatic heterocycles. The molecule has 0 radical (unpaired) electrons. The summed E-state index contributed by atoms with van der Waals surface area (Å²) in [6.45, 7) is 4.32. The molecule has 0 aliphatic heterocycles. The minimum Gasteiger partial charge on any atom is -0.337 e. The van der Waals surface area contributed by atoms with Crippen LogP contribution in [0.25, 0.3) is 0 Å². The van der Waals surface area contributed by atoms with Gasteiger partial charge in [-0.25, -0.2) is 17.9 Å². The molecule has 108 valence electrons.